The molecule has 2 aromatic rings. The normalized spacial score (nSPS) is 16.2. The van der Waals surface area contributed by atoms with Crippen LogP contribution in [0.3, 0.4) is 0 Å². The van der Waals surface area contributed by atoms with Crippen LogP contribution in [-0.2, 0) is 4.79 Å². The van der Waals surface area contributed by atoms with E-state index in [2.05, 4.69) is 9.72 Å². The highest BCUT2D eigenvalue weighted by atomic mass is 19.4. The molecular formula is C16H15F3N2O4. The summed E-state index contributed by atoms with van der Waals surface area (Å²) < 4.78 is 41.4. The van der Waals surface area contributed by atoms with Gasteiger partial charge in [-0.15, -0.1) is 13.2 Å². The number of hydrogen-bond donors (Lipinski definition) is 2. The molecule has 0 spiro atoms. The summed E-state index contributed by atoms with van der Waals surface area (Å²) in [5, 5.41) is 9.14. The lowest BCUT2D eigenvalue weighted by atomic mass is 9.97. The van der Waals surface area contributed by atoms with Crippen molar-refractivity contribution in [3.63, 3.8) is 0 Å². The van der Waals surface area contributed by atoms with E-state index in [9.17, 15) is 22.8 Å². The molecule has 3 rings (SSSR count). The van der Waals surface area contributed by atoms with Crippen molar-refractivity contribution in [3.05, 3.63) is 30.0 Å². The number of nitrogens with one attached hydrogen (secondary N) is 1. The van der Waals surface area contributed by atoms with Gasteiger partial charge in [-0.25, -0.2) is 0 Å². The van der Waals surface area contributed by atoms with Gasteiger partial charge in [0.15, 0.2) is 0 Å². The highest BCUT2D eigenvalue weighted by Gasteiger charge is 2.32. The Labute approximate surface area is 140 Å². The minimum Gasteiger partial charge on any atom is -0.481 e. The molecule has 1 aromatic heterocycles. The number of fused-ring (bicyclic) bond motifs is 1. The number of aromatic nitrogens is 1. The number of carbonyl (C=O) groups is 2. The van der Waals surface area contributed by atoms with Crippen LogP contribution in [0.5, 0.6) is 5.75 Å². The Balaban J connectivity index is 1.81. The van der Waals surface area contributed by atoms with E-state index in [0.29, 0.717) is 18.4 Å². The maximum atomic E-state index is 12.5. The molecule has 2 heterocycles. The average Bonchev–Trinajstić information content (AvgIpc) is 2.98. The minimum absolute atomic E-state index is 0.141. The lowest BCUT2D eigenvalue weighted by Gasteiger charge is -2.29. The number of likely N-dealkylation sites (tertiary alicyclic amines) is 1. The van der Waals surface area contributed by atoms with Crippen LogP contribution in [0.15, 0.2) is 24.3 Å². The van der Waals surface area contributed by atoms with Gasteiger partial charge in [-0.3, -0.25) is 9.59 Å². The zero-order valence-corrected chi connectivity index (χ0v) is 13.0. The fourth-order valence-electron chi connectivity index (χ4n) is 2.96. The number of hydrogen-bond acceptors (Lipinski definition) is 3. The summed E-state index contributed by atoms with van der Waals surface area (Å²) in [5.74, 6) is -2.12. The smallest absolute Gasteiger partial charge is 0.481 e. The number of rotatable bonds is 3. The number of piperidine rings is 1. The number of carboxylic acid groups (broad SMARTS) is 1. The Morgan fingerprint density at radius 2 is 1.92 bits per heavy atom. The molecule has 9 heteroatoms. The van der Waals surface area contributed by atoms with E-state index in [0.717, 1.165) is 0 Å². The van der Waals surface area contributed by atoms with E-state index in [4.69, 9.17) is 5.11 Å². The number of alkyl halides is 3. The highest BCUT2D eigenvalue weighted by Crippen LogP contribution is 2.31. The second-order valence-electron chi connectivity index (χ2n) is 5.85. The van der Waals surface area contributed by atoms with Gasteiger partial charge in [0.1, 0.15) is 11.4 Å². The third kappa shape index (κ3) is 3.70. The lowest BCUT2D eigenvalue weighted by Crippen LogP contribution is -2.40. The van der Waals surface area contributed by atoms with Crippen LogP contribution in [-0.4, -0.2) is 46.3 Å². The van der Waals surface area contributed by atoms with Crippen LogP contribution in [0, 0.1) is 5.92 Å². The van der Waals surface area contributed by atoms with Gasteiger partial charge < -0.3 is 19.7 Å². The van der Waals surface area contributed by atoms with Gasteiger partial charge in [0.05, 0.1) is 5.92 Å². The Morgan fingerprint density at radius 1 is 1.24 bits per heavy atom. The van der Waals surface area contributed by atoms with Gasteiger partial charge in [-0.05, 0) is 31.0 Å². The first-order valence-electron chi connectivity index (χ1n) is 7.64. The third-order valence-electron chi connectivity index (χ3n) is 4.21. The summed E-state index contributed by atoms with van der Waals surface area (Å²) in [6.45, 7) is 0.578. The highest BCUT2D eigenvalue weighted by molar-refractivity contribution is 5.99. The summed E-state index contributed by atoms with van der Waals surface area (Å²) >= 11 is 0. The van der Waals surface area contributed by atoms with Crippen LogP contribution < -0.4 is 4.74 Å². The maximum Gasteiger partial charge on any atom is 0.573 e. The predicted molar refractivity (Wildman–Crippen MR) is 81.2 cm³/mol. The van der Waals surface area contributed by atoms with Gasteiger partial charge in [-0.2, -0.15) is 0 Å². The van der Waals surface area contributed by atoms with Gasteiger partial charge in [0.25, 0.3) is 5.91 Å². The zero-order chi connectivity index (χ0) is 18.2. The number of ether oxygens (including phenoxy) is 1. The van der Waals surface area contributed by atoms with E-state index >= 15 is 0 Å². The van der Waals surface area contributed by atoms with E-state index in [1.165, 1.54) is 23.1 Å². The monoisotopic (exact) mass is 356 g/mol. The number of H-pyrrole nitrogens is 1. The molecule has 0 aliphatic carbocycles. The lowest BCUT2D eigenvalue weighted by molar-refractivity contribution is -0.274. The summed E-state index contributed by atoms with van der Waals surface area (Å²) in [6.07, 6.45) is -4.12. The van der Waals surface area contributed by atoms with Crippen molar-refractivity contribution in [2.75, 3.05) is 13.1 Å². The van der Waals surface area contributed by atoms with Crippen molar-refractivity contribution in [1.82, 2.24) is 9.88 Å². The standard InChI is InChI=1S/C16H15F3N2O4/c17-16(18,19)25-13-3-1-2-11-10(13)8-12(20-11)14(22)21-6-4-9(5-7-21)15(23)24/h1-3,8-9,20H,4-7H2,(H,23,24). The van der Waals surface area contributed by atoms with Crippen LogP contribution in [0.1, 0.15) is 23.3 Å². The Morgan fingerprint density at radius 3 is 2.52 bits per heavy atom. The molecule has 134 valence electrons. The molecule has 0 bridgehead atoms. The van der Waals surface area contributed by atoms with E-state index in [-0.39, 0.29) is 35.8 Å². The van der Waals surface area contributed by atoms with Crippen molar-refractivity contribution in [1.29, 1.82) is 0 Å². The number of carboxylic acids is 1. The average molecular weight is 356 g/mol. The largest absolute Gasteiger partial charge is 0.573 e. The number of aromatic amines is 1. The second kappa shape index (κ2) is 6.30. The van der Waals surface area contributed by atoms with Crippen molar-refractivity contribution in [2.45, 2.75) is 19.2 Å². The second-order valence-corrected chi connectivity index (χ2v) is 5.85. The van der Waals surface area contributed by atoms with Gasteiger partial charge in [0.2, 0.25) is 0 Å². The van der Waals surface area contributed by atoms with Crippen LogP contribution in [0.25, 0.3) is 10.9 Å². The molecule has 25 heavy (non-hydrogen) atoms. The van der Waals surface area contributed by atoms with Crippen LogP contribution in [0.4, 0.5) is 13.2 Å². The molecule has 1 aliphatic rings. The number of halogens is 3. The number of aliphatic carboxylic acids is 1. The van der Waals surface area contributed by atoms with E-state index in [1.807, 2.05) is 0 Å². The summed E-state index contributed by atoms with van der Waals surface area (Å²) in [7, 11) is 0. The van der Waals surface area contributed by atoms with Crippen molar-refractivity contribution < 1.29 is 32.6 Å². The molecule has 2 N–H and O–H groups in total. The molecule has 0 radical (unpaired) electrons. The molecule has 1 fully saturated rings. The predicted octanol–water partition coefficient (Wildman–Crippen LogP) is 3.00. The molecule has 1 amide bonds. The first-order chi connectivity index (χ1) is 11.7. The first kappa shape index (κ1) is 17.1. The van der Waals surface area contributed by atoms with E-state index in [1.54, 1.807) is 6.07 Å². The van der Waals surface area contributed by atoms with Crippen LogP contribution >= 0.6 is 0 Å². The topological polar surface area (TPSA) is 82.6 Å². The molecule has 1 aromatic carbocycles. The number of benzene rings is 1. The molecule has 1 saturated heterocycles. The fraction of sp³-hybridized carbons (Fsp3) is 0.375. The van der Waals surface area contributed by atoms with Crippen LogP contribution in [0.2, 0.25) is 0 Å². The summed E-state index contributed by atoms with van der Waals surface area (Å²) in [4.78, 5) is 27.8. The van der Waals surface area contributed by atoms with Gasteiger partial charge >= 0.3 is 12.3 Å². The maximum absolute atomic E-state index is 12.5. The SMILES string of the molecule is O=C(O)C1CCN(C(=O)c2cc3c(OC(F)(F)F)cccc3[nH]2)CC1. The summed E-state index contributed by atoms with van der Waals surface area (Å²) in [6, 6.07) is 5.44. The van der Waals surface area contributed by atoms with Crippen molar-refractivity contribution in [2.24, 2.45) is 5.92 Å². The number of nitrogens with zero attached hydrogens (tertiary/aromatic N) is 1. The van der Waals surface area contributed by atoms with Gasteiger partial charge in [0, 0.05) is 24.0 Å². The Hall–Kier alpha value is -2.71. The third-order valence-corrected chi connectivity index (χ3v) is 4.21. The molecule has 0 atom stereocenters. The fourth-order valence-corrected chi connectivity index (χ4v) is 2.96. The minimum atomic E-state index is -4.82. The van der Waals surface area contributed by atoms with Crippen molar-refractivity contribution >= 4 is 22.8 Å². The van der Waals surface area contributed by atoms with Gasteiger partial charge in [-0.1, -0.05) is 6.07 Å². The van der Waals surface area contributed by atoms with E-state index < -0.39 is 18.2 Å². The quantitative estimate of drug-likeness (QED) is 0.886. The molecule has 0 unspecified atom stereocenters. The number of carbonyl (C=O) groups excluding carboxylic acids is 1. The Bertz CT molecular complexity index is 807. The number of amides is 1. The van der Waals surface area contributed by atoms with Crippen molar-refractivity contribution in [3.8, 4) is 5.75 Å². The first-order valence-corrected chi connectivity index (χ1v) is 7.64. The molecule has 6 nitrogen and oxygen atoms in total. The molecule has 0 saturated carbocycles. The zero-order valence-electron chi connectivity index (χ0n) is 13.0. The molecular weight excluding hydrogens is 341 g/mol. The Kier molecular flexibility index (Phi) is 4.32. The molecule has 1 aliphatic heterocycles. The summed E-state index contributed by atoms with van der Waals surface area (Å²) in [5.41, 5.74) is 0.493.